The van der Waals surface area contributed by atoms with Crippen LogP contribution in [-0.4, -0.2) is 51.1 Å². The summed E-state index contributed by atoms with van der Waals surface area (Å²) in [7, 11) is 0. The summed E-state index contributed by atoms with van der Waals surface area (Å²) in [6, 6.07) is 4.08. The molecule has 126 valence electrons. The van der Waals surface area contributed by atoms with Gasteiger partial charge in [0.05, 0.1) is 11.7 Å². The van der Waals surface area contributed by atoms with E-state index in [4.69, 9.17) is 0 Å². The minimum atomic E-state index is 0.641. The minimum absolute atomic E-state index is 0.641. The maximum Gasteiger partial charge on any atom is 0.140 e. The van der Waals surface area contributed by atoms with Gasteiger partial charge in [0, 0.05) is 61.4 Å². The van der Waals surface area contributed by atoms with Crippen LogP contribution in [0.25, 0.3) is 10.9 Å². The molecule has 0 saturated carbocycles. The van der Waals surface area contributed by atoms with Crippen molar-refractivity contribution in [3.8, 4) is 0 Å². The van der Waals surface area contributed by atoms with Gasteiger partial charge in [-0.3, -0.25) is 4.98 Å². The highest BCUT2D eigenvalue weighted by Gasteiger charge is 2.41. The fourth-order valence-corrected chi connectivity index (χ4v) is 4.11. The summed E-state index contributed by atoms with van der Waals surface area (Å²) < 4.78 is 0. The molecular weight excluding hydrogens is 314 g/mol. The number of nitrogens with zero attached hydrogens (tertiary/aromatic N) is 7. The van der Waals surface area contributed by atoms with Crippen molar-refractivity contribution in [1.29, 1.82) is 0 Å². The molecule has 2 aliphatic heterocycles. The van der Waals surface area contributed by atoms with Gasteiger partial charge in [-0.1, -0.05) is 0 Å². The molecule has 5 heterocycles. The van der Waals surface area contributed by atoms with Crippen LogP contribution in [0, 0.1) is 18.8 Å². The average Bonchev–Trinajstić information content (AvgIpc) is 3.20. The fourth-order valence-electron chi connectivity index (χ4n) is 4.11. The third kappa shape index (κ3) is 2.47. The van der Waals surface area contributed by atoms with Crippen LogP contribution >= 0.6 is 0 Å². The molecule has 25 heavy (non-hydrogen) atoms. The molecule has 2 saturated heterocycles. The van der Waals surface area contributed by atoms with Gasteiger partial charge in [0.25, 0.3) is 0 Å². The van der Waals surface area contributed by atoms with Crippen molar-refractivity contribution < 1.29 is 0 Å². The van der Waals surface area contributed by atoms with Gasteiger partial charge in [-0.2, -0.15) is 0 Å². The van der Waals surface area contributed by atoms with Crippen LogP contribution in [0.1, 0.15) is 5.69 Å². The highest BCUT2D eigenvalue weighted by molar-refractivity contribution is 5.88. The van der Waals surface area contributed by atoms with E-state index in [0.29, 0.717) is 11.8 Å². The molecule has 3 aromatic heterocycles. The molecule has 3 aromatic rings. The standard InChI is InChI=1S/C18H19N7/c1-12-4-17(22-10-20-12)24-6-13-8-25(9-14(13)7-24)18-15-2-3-19-5-16(15)21-11-23-18/h2-5,10-11,13-14H,6-9H2,1H3. The van der Waals surface area contributed by atoms with Crippen LogP contribution in [0.15, 0.2) is 37.2 Å². The third-order valence-electron chi connectivity index (χ3n) is 5.32. The van der Waals surface area contributed by atoms with Gasteiger partial charge in [0.15, 0.2) is 0 Å². The first-order valence-electron chi connectivity index (χ1n) is 8.61. The van der Waals surface area contributed by atoms with E-state index in [1.807, 2.05) is 19.2 Å². The van der Waals surface area contributed by atoms with Crippen LogP contribution in [0.3, 0.4) is 0 Å². The predicted molar refractivity (Wildman–Crippen MR) is 95.5 cm³/mol. The molecule has 0 spiro atoms. The van der Waals surface area contributed by atoms with E-state index < -0.39 is 0 Å². The van der Waals surface area contributed by atoms with Crippen molar-refractivity contribution in [1.82, 2.24) is 24.9 Å². The van der Waals surface area contributed by atoms with E-state index >= 15 is 0 Å². The largest absolute Gasteiger partial charge is 0.356 e. The van der Waals surface area contributed by atoms with Gasteiger partial charge in [0.2, 0.25) is 0 Å². The first kappa shape index (κ1) is 14.5. The molecule has 2 unspecified atom stereocenters. The average molecular weight is 333 g/mol. The number of aryl methyl sites for hydroxylation is 1. The number of fused-ring (bicyclic) bond motifs is 2. The first-order valence-corrected chi connectivity index (χ1v) is 8.61. The van der Waals surface area contributed by atoms with Gasteiger partial charge in [0.1, 0.15) is 24.3 Å². The second-order valence-corrected chi connectivity index (χ2v) is 6.94. The van der Waals surface area contributed by atoms with E-state index in [2.05, 4.69) is 40.8 Å². The molecule has 0 aromatic carbocycles. The number of rotatable bonds is 2. The minimum Gasteiger partial charge on any atom is -0.356 e. The molecule has 7 heteroatoms. The van der Waals surface area contributed by atoms with Gasteiger partial charge in [-0.25, -0.2) is 19.9 Å². The molecule has 7 nitrogen and oxygen atoms in total. The maximum atomic E-state index is 4.56. The van der Waals surface area contributed by atoms with Gasteiger partial charge in [-0.15, -0.1) is 0 Å². The number of anilines is 2. The van der Waals surface area contributed by atoms with Crippen LogP contribution in [0.4, 0.5) is 11.6 Å². The maximum absolute atomic E-state index is 4.56. The van der Waals surface area contributed by atoms with Crippen molar-refractivity contribution in [2.24, 2.45) is 11.8 Å². The van der Waals surface area contributed by atoms with Crippen LogP contribution in [0.2, 0.25) is 0 Å². The van der Waals surface area contributed by atoms with E-state index in [1.54, 1.807) is 18.9 Å². The second kappa shape index (κ2) is 5.61. The van der Waals surface area contributed by atoms with Crippen LogP contribution in [-0.2, 0) is 0 Å². The molecule has 5 rings (SSSR count). The summed E-state index contributed by atoms with van der Waals surface area (Å²) in [6.45, 7) is 6.16. The lowest BCUT2D eigenvalue weighted by Crippen LogP contribution is -2.29. The summed E-state index contributed by atoms with van der Waals surface area (Å²) in [4.78, 5) is 26.5. The quantitative estimate of drug-likeness (QED) is 0.707. The molecule has 0 radical (unpaired) electrons. The Kier molecular flexibility index (Phi) is 3.26. The van der Waals surface area contributed by atoms with Gasteiger partial charge >= 0.3 is 0 Å². The second-order valence-electron chi connectivity index (χ2n) is 6.94. The van der Waals surface area contributed by atoms with Crippen molar-refractivity contribution in [2.45, 2.75) is 6.92 Å². The zero-order chi connectivity index (χ0) is 16.8. The summed E-state index contributed by atoms with van der Waals surface area (Å²) in [6.07, 6.45) is 6.91. The van der Waals surface area contributed by atoms with Crippen molar-refractivity contribution in [2.75, 3.05) is 36.0 Å². The number of pyridine rings is 1. The third-order valence-corrected chi connectivity index (χ3v) is 5.32. The molecular formula is C18H19N7. The van der Waals surface area contributed by atoms with Crippen LogP contribution < -0.4 is 9.80 Å². The Labute approximate surface area is 145 Å². The topological polar surface area (TPSA) is 70.9 Å². The van der Waals surface area contributed by atoms with E-state index in [0.717, 1.165) is 54.4 Å². The summed E-state index contributed by atoms with van der Waals surface area (Å²) in [5, 5.41) is 1.08. The summed E-state index contributed by atoms with van der Waals surface area (Å²) in [5.74, 6) is 3.36. The first-order chi connectivity index (χ1) is 12.3. The van der Waals surface area contributed by atoms with Crippen molar-refractivity contribution in [3.05, 3.63) is 42.9 Å². The Morgan fingerprint density at radius 3 is 2.48 bits per heavy atom. The predicted octanol–water partition coefficient (Wildman–Crippen LogP) is 1.70. The van der Waals surface area contributed by atoms with Crippen molar-refractivity contribution in [3.63, 3.8) is 0 Å². The monoisotopic (exact) mass is 333 g/mol. The van der Waals surface area contributed by atoms with Crippen LogP contribution in [0.5, 0.6) is 0 Å². The normalized spacial score (nSPS) is 22.6. The Balaban J connectivity index is 1.37. The SMILES string of the molecule is Cc1cc(N2CC3CN(c4ncnc5cnccc45)CC3C2)ncn1. The molecule has 0 amide bonds. The fraction of sp³-hybridized carbons (Fsp3) is 0.389. The number of aromatic nitrogens is 5. The molecule has 0 N–H and O–H groups in total. The smallest absolute Gasteiger partial charge is 0.140 e. The number of hydrogen-bond acceptors (Lipinski definition) is 7. The Morgan fingerprint density at radius 1 is 0.920 bits per heavy atom. The van der Waals surface area contributed by atoms with E-state index in [-0.39, 0.29) is 0 Å². The molecule has 2 fully saturated rings. The summed E-state index contributed by atoms with van der Waals surface area (Å²) in [5.41, 5.74) is 1.92. The lowest BCUT2D eigenvalue weighted by Gasteiger charge is -2.23. The van der Waals surface area contributed by atoms with Crippen molar-refractivity contribution >= 4 is 22.5 Å². The Morgan fingerprint density at radius 2 is 1.68 bits per heavy atom. The molecule has 2 atom stereocenters. The Hall–Kier alpha value is -2.83. The highest BCUT2D eigenvalue weighted by Crippen LogP contribution is 2.36. The lowest BCUT2D eigenvalue weighted by molar-refractivity contribution is 0.533. The van der Waals surface area contributed by atoms with Gasteiger partial charge < -0.3 is 9.80 Å². The molecule has 0 bridgehead atoms. The molecule has 2 aliphatic rings. The van der Waals surface area contributed by atoms with Gasteiger partial charge in [-0.05, 0) is 13.0 Å². The zero-order valence-corrected chi connectivity index (χ0v) is 14.1. The zero-order valence-electron chi connectivity index (χ0n) is 14.1. The lowest BCUT2D eigenvalue weighted by atomic mass is 10.0. The van der Waals surface area contributed by atoms with E-state index in [1.165, 1.54) is 0 Å². The molecule has 0 aliphatic carbocycles. The van der Waals surface area contributed by atoms with E-state index in [9.17, 15) is 0 Å². The number of hydrogen-bond donors (Lipinski definition) is 0. The Bertz CT molecular complexity index is 909. The summed E-state index contributed by atoms with van der Waals surface area (Å²) >= 11 is 0. The highest BCUT2D eigenvalue weighted by atomic mass is 15.3.